The topological polar surface area (TPSA) is 46.3 Å². The van der Waals surface area contributed by atoms with Crippen molar-refractivity contribution in [2.45, 2.75) is 37.8 Å². The molecule has 0 saturated heterocycles. The fourth-order valence-corrected chi connectivity index (χ4v) is 2.49. The molecule has 1 aliphatic rings. The number of hydrogen-bond donors (Lipinski definition) is 1. The highest BCUT2D eigenvalue weighted by atomic mass is 79.9. The van der Waals surface area contributed by atoms with Crippen molar-refractivity contribution in [2.75, 3.05) is 7.05 Å². The highest BCUT2D eigenvalue weighted by Gasteiger charge is 2.37. The van der Waals surface area contributed by atoms with Crippen LogP contribution in [0.4, 0.5) is 0 Å². The third-order valence-electron chi connectivity index (χ3n) is 3.83. The Hall–Kier alpha value is -0.580. The summed E-state index contributed by atoms with van der Waals surface area (Å²) in [6, 6.07) is 8.00. The zero-order valence-corrected chi connectivity index (χ0v) is 13.6. The molecular formula is C14H20BrClN2O. The van der Waals surface area contributed by atoms with Crippen molar-refractivity contribution in [2.24, 2.45) is 5.73 Å². The van der Waals surface area contributed by atoms with E-state index in [4.69, 9.17) is 5.73 Å². The Labute approximate surface area is 129 Å². The molecule has 0 aliphatic heterocycles. The summed E-state index contributed by atoms with van der Waals surface area (Å²) >= 11 is 3.39. The van der Waals surface area contributed by atoms with Crippen LogP contribution < -0.4 is 5.73 Å². The van der Waals surface area contributed by atoms with Gasteiger partial charge in [-0.2, -0.15) is 0 Å². The Morgan fingerprint density at radius 3 is 2.32 bits per heavy atom. The normalized spacial score (nSPS) is 17.9. The van der Waals surface area contributed by atoms with Crippen LogP contribution in [-0.4, -0.2) is 23.9 Å². The first-order valence-electron chi connectivity index (χ1n) is 6.25. The van der Waals surface area contributed by atoms with Crippen LogP contribution in [0, 0.1) is 0 Å². The van der Waals surface area contributed by atoms with Gasteiger partial charge in [-0.05, 0) is 43.9 Å². The lowest BCUT2D eigenvalue weighted by molar-refractivity contribution is -0.139. The summed E-state index contributed by atoms with van der Waals surface area (Å²) in [6.07, 6.45) is 3.40. The lowest BCUT2D eigenvalue weighted by Gasteiger charge is -2.39. The average Bonchev–Trinajstić information content (AvgIpc) is 2.26. The molecular weight excluding hydrogens is 328 g/mol. The van der Waals surface area contributed by atoms with Crippen LogP contribution in [-0.2, 0) is 10.3 Å². The molecule has 5 heteroatoms. The van der Waals surface area contributed by atoms with E-state index in [9.17, 15) is 4.79 Å². The maximum absolute atomic E-state index is 12.5. The molecule has 2 N–H and O–H groups in total. The third-order valence-corrected chi connectivity index (χ3v) is 4.36. The molecule has 0 radical (unpaired) electrons. The molecule has 1 fully saturated rings. The molecule has 0 spiro atoms. The number of likely N-dealkylation sites (N-methyl/N-ethyl adjacent to an activating group) is 1. The van der Waals surface area contributed by atoms with E-state index in [2.05, 4.69) is 15.9 Å². The van der Waals surface area contributed by atoms with Gasteiger partial charge >= 0.3 is 0 Å². The Bertz CT molecular complexity index is 443. The van der Waals surface area contributed by atoms with Gasteiger partial charge in [-0.25, -0.2) is 0 Å². The van der Waals surface area contributed by atoms with Crippen LogP contribution in [0.15, 0.2) is 28.7 Å². The van der Waals surface area contributed by atoms with Gasteiger partial charge in [0.1, 0.15) is 5.54 Å². The molecule has 0 aromatic heterocycles. The Kier molecular flexibility index (Phi) is 5.42. The van der Waals surface area contributed by atoms with E-state index >= 15 is 0 Å². The maximum Gasteiger partial charge on any atom is 0.246 e. The number of carbonyl (C=O) groups excluding carboxylic acids is 1. The predicted molar refractivity (Wildman–Crippen MR) is 83.3 cm³/mol. The number of amides is 1. The molecule has 3 nitrogen and oxygen atoms in total. The lowest BCUT2D eigenvalue weighted by Crippen LogP contribution is -2.54. The second-order valence-electron chi connectivity index (χ2n) is 5.21. The van der Waals surface area contributed by atoms with Gasteiger partial charge < -0.3 is 10.6 Å². The summed E-state index contributed by atoms with van der Waals surface area (Å²) < 4.78 is 0.988. The number of carbonyl (C=O) groups is 1. The summed E-state index contributed by atoms with van der Waals surface area (Å²) in [6.45, 7) is 1.79. The summed E-state index contributed by atoms with van der Waals surface area (Å²) in [5.41, 5.74) is 6.14. The van der Waals surface area contributed by atoms with Gasteiger partial charge in [0.15, 0.2) is 0 Å². The van der Waals surface area contributed by atoms with E-state index in [1.54, 1.807) is 6.92 Å². The van der Waals surface area contributed by atoms with Gasteiger partial charge in [-0.15, -0.1) is 12.4 Å². The summed E-state index contributed by atoms with van der Waals surface area (Å²) in [7, 11) is 1.86. The van der Waals surface area contributed by atoms with Crippen molar-refractivity contribution in [3.63, 3.8) is 0 Å². The van der Waals surface area contributed by atoms with Crippen LogP contribution in [0.1, 0.15) is 31.7 Å². The monoisotopic (exact) mass is 346 g/mol. The van der Waals surface area contributed by atoms with E-state index in [-0.39, 0.29) is 18.3 Å². The van der Waals surface area contributed by atoms with Crippen LogP contribution in [0.5, 0.6) is 0 Å². The SMILES string of the molecule is CN(C(=O)C(C)(N)c1ccc(Br)cc1)C1CCC1.Cl. The van der Waals surface area contributed by atoms with Crippen molar-refractivity contribution < 1.29 is 4.79 Å². The molecule has 19 heavy (non-hydrogen) atoms. The van der Waals surface area contributed by atoms with Crippen molar-refractivity contribution in [3.8, 4) is 0 Å². The zero-order valence-electron chi connectivity index (χ0n) is 11.2. The fraction of sp³-hybridized carbons (Fsp3) is 0.500. The molecule has 2 rings (SSSR count). The van der Waals surface area contributed by atoms with Crippen molar-refractivity contribution in [1.29, 1.82) is 0 Å². The molecule has 1 saturated carbocycles. The minimum atomic E-state index is -0.953. The fourth-order valence-electron chi connectivity index (χ4n) is 2.23. The molecule has 0 bridgehead atoms. The van der Waals surface area contributed by atoms with Crippen molar-refractivity contribution in [3.05, 3.63) is 34.3 Å². The average molecular weight is 348 g/mol. The van der Waals surface area contributed by atoms with E-state index in [1.165, 1.54) is 6.42 Å². The molecule has 1 aromatic carbocycles. The predicted octanol–water partition coefficient (Wildman–Crippen LogP) is 3.06. The molecule has 1 amide bonds. The lowest BCUT2D eigenvalue weighted by atomic mass is 9.87. The smallest absolute Gasteiger partial charge is 0.246 e. The highest BCUT2D eigenvalue weighted by Crippen LogP contribution is 2.28. The third kappa shape index (κ3) is 3.30. The van der Waals surface area contributed by atoms with Crippen LogP contribution in [0.3, 0.4) is 0 Å². The Morgan fingerprint density at radius 1 is 1.37 bits per heavy atom. The van der Waals surface area contributed by atoms with Crippen molar-refractivity contribution in [1.82, 2.24) is 4.90 Å². The van der Waals surface area contributed by atoms with E-state index in [0.717, 1.165) is 22.9 Å². The Morgan fingerprint density at radius 2 is 1.89 bits per heavy atom. The standard InChI is InChI=1S/C14H19BrN2O.ClH/c1-14(16,10-6-8-11(15)9-7-10)13(18)17(2)12-4-3-5-12;/h6-9,12H,3-5,16H2,1-2H3;1H. The second kappa shape index (κ2) is 6.25. The van der Waals surface area contributed by atoms with Gasteiger partial charge in [0.05, 0.1) is 0 Å². The first kappa shape index (κ1) is 16.5. The maximum atomic E-state index is 12.5. The molecule has 1 atom stereocenters. The van der Waals surface area contributed by atoms with Crippen LogP contribution >= 0.6 is 28.3 Å². The van der Waals surface area contributed by atoms with Gasteiger partial charge in [0, 0.05) is 17.6 Å². The van der Waals surface area contributed by atoms with Gasteiger partial charge in [-0.3, -0.25) is 4.79 Å². The molecule has 1 aromatic rings. The van der Waals surface area contributed by atoms with Gasteiger partial charge in [0.25, 0.3) is 0 Å². The van der Waals surface area contributed by atoms with E-state index in [1.807, 2.05) is 36.2 Å². The van der Waals surface area contributed by atoms with Crippen LogP contribution in [0.2, 0.25) is 0 Å². The quantitative estimate of drug-likeness (QED) is 0.913. The minimum absolute atomic E-state index is 0. The first-order valence-corrected chi connectivity index (χ1v) is 7.04. The summed E-state index contributed by atoms with van der Waals surface area (Å²) in [5.74, 6) is -0.00507. The summed E-state index contributed by atoms with van der Waals surface area (Å²) in [4.78, 5) is 14.3. The number of rotatable bonds is 3. The van der Waals surface area contributed by atoms with Gasteiger partial charge in [0.2, 0.25) is 5.91 Å². The second-order valence-corrected chi connectivity index (χ2v) is 6.13. The molecule has 106 valence electrons. The summed E-state index contributed by atoms with van der Waals surface area (Å²) in [5, 5.41) is 0. The minimum Gasteiger partial charge on any atom is -0.341 e. The Balaban J connectivity index is 0.00000180. The molecule has 1 unspecified atom stereocenters. The van der Waals surface area contributed by atoms with E-state index < -0.39 is 5.54 Å². The molecule has 0 heterocycles. The number of halogens is 2. The zero-order chi connectivity index (χ0) is 13.3. The highest BCUT2D eigenvalue weighted by molar-refractivity contribution is 9.10. The number of nitrogens with two attached hydrogens (primary N) is 1. The number of hydrogen-bond acceptors (Lipinski definition) is 2. The largest absolute Gasteiger partial charge is 0.341 e. The number of benzene rings is 1. The first-order chi connectivity index (χ1) is 8.43. The van der Waals surface area contributed by atoms with Gasteiger partial charge in [-0.1, -0.05) is 28.1 Å². The molecule has 1 aliphatic carbocycles. The number of nitrogens with zero attached hydrogens (tertiary/aromatic N) is 1. The van der Waals surface area contributed by atoms with E-state index in [0.29, 0.717) is 6.04 Å². The van der Waals surface area contributed by atoms with Crippen molar-refractivity contribution >= 4 is 34.2 Å². The van der Waals surface area contributed by atoms with Crippen LogP contribution in [0.25, 0.3) is 0 Å².